The molecule has 2 rings (SSSR count). The van der Waals surface area contributed by atoms with E-state index in [9.17, 15) is 9.00 Å². The van der Waals surface area contributed by atoms with Gasteiger partial charge >= 0.3 is 0 Å². The van der Waals surface area contributed by atoms with Gasteiger partial charge in [-0.15, -0.1) is 0 Å². The lowest BCUT2D eigenvalue weighted by Gasteiger charge is -1.95. The molecule has 0 bridgehead atoms. The molecule has 6 heteroatoms. The second kappa shape index (κ2) is 3.49. The summed E-state index contributed by atoms with van der Waals surface area (Å²) in [5, 5.41) is 0.573. The van der Waals surface area contributed by atoms with Crippen LogP contribution in [0.2, 0.25) is 0 Å². The molecule has 2 aromatic rings. The van der Waals surface area contributed by atoms with Gasteiger partial charge < -0.3 is 0 Å². The first-order chi connectivity index (χ1) is 6.59. The van der Waals surface area contributed by atoms with Crippen molar-refractivity contribution in [2.24, 2.45) is 7.05 Å². The van der Waals surface area contributed by atoms with Crippen molar-refractivity contribution in [1.29, 1.82) is 0 Å². The van der Waals surface area contributed by atoms with Crippen molar-refractivity contribution in [3.8, 4) is 0 Å². The van der Waals surface area contributed by atoms with Gasteiger partial charge in [-0.2, -0.15) is 0 Å². The van der Waals surface area contributed by atoms with E-state index in [4.69, 9.17) is 10.7 Å². The van der Waals surface area contributed by atoms with E-state index < -0.39 is 10.0 Å². The van der Waals surface area contributed by atoms with Gasteiger partial charge in [0.05, 0.1) is 15.8 Å². The Morgan fingerprint density at radius 3 is 2.86 bits per heavy atom. The van der Waals surface area contributed by atoms with E-state index >= 15 is 0 Å². The molecule has 0 aliphatic rings. The third kappa shape index (κ3) is 1.51. The van der Waals surface area contributed by atoms with E-state index in [2.05, 4.69) is 0 Å². The van der Waals surface area contributed by atoms with Gasteiger partial charge in [0.15, 0.2) is 0 Å². The first-order valence-corrected chi connectivity index (χ1v) is 6.52. The Morgan fingerprint density at radius 1 is 1.50 bits per heavy atom. The Balaban J connectivity index is 2.84. The van der Waals surface area contributed by atoms with E-state index in [0.29, 0.717) is 10.3 Å². The van der Waals surface area contributed by atoms with Crippen LogP contribution in [0.15, 0.2) is 27.9 Å². The van der Waals surface area contributed by atoms with Crippen molar-refractivity contribution in [3.63, 3.8) is 0 Å². The van der Waals surface area contributed by atoms with Crippen molar-refractivity contribution >= 4 is 43.1 Å². The molecule has 0 aliphatic heterocycles. The predicted molar refractivity (Wildman–Crippen MR) is 59.3 cm³/mol. The zero-order chi connectivity index (χ0) is 10.3. The molecular formula is C8H6ClNO2S2. The standard InChI is InChI=1S/C8H6ClNO2S2/c1-10-7-3-2-5(14(9)12)4-6(7)8(11)13-10/h2-4H,1H3. The van der Waals surface area contributed by atoms with Crippen LogP contribution in [0.25, 0.3) is 10.9 Å². The lowest BCUT2D eigenvalue weighted by molar-refractivity contribution is 0.691. The summed E-state index contributed by atoms with van der Waals surface area (Å²) in [7, 11) is 5.69. The van der Waals surface area contributed by atoms with Gasteiger partial charge in [-0.1, -0.05) is 0 Å². The van der Waals surface area contributed by atoms with Crippen LogP contribution < -0.4 is 4.74 Å². The fourth-order valence-corrected chi connectivity index (χ4v) is 2.72. The molecule has 0 spiro atoms. The van der Waals surface area contributed by atoms with Gasteiger partial charge in [-0.25, -0.2) is 4.21 Å². The van der Waals surface area contributed by atoms with E-state index in [1.54, 1.807) is 22.2 Å². The third-order valence-corrected chi connectivity index (χ3v) is 3.95. The average molecular weight is 248 g/mol. The molecule has 0 aliphatic carbocycles. The number of nitrogens with zero attached hydrogens (tertiary/aromatic N) is 1. The summed E-state index contributed by atoms with van der Waals surface area (Å²) in [5.74, 6) is 0. The van der Waals surface area contributed by atoms with E-state index in [0.717, 1.165) is 17.0 Å². The number of hydrogen-bond acceptors (Lipinski definition) is 3. The molecule has 3 nitrogen and oxygen atoms in total. The molecule has 0 N–H and O–H groups in total. The van der Waals surface area contributed by atoms with Crippen LogP contribution in [0.5, 0.6) is 0 Å². The summed E-state index contributed by atoms with van der Waals surface area (Å²) >= 11 is 1.12. The largest absolute Gasteiger partial charge is 0.297 e. The van der Waals surface area contributed by atoms with Crippen LogP contribution in [-0.2, 0) is 17.1 Å². The van der Waals surface area contributed by atoms with Crippen LogP contribution in [0.3, 0.4) is 0 Å². The smallest absolute Gasteiger partial charge is 0.257 e. The quantitative estimate of drug-likeness (QED) is 0.722. The van der Waals surface area contributed by atoms with E-state index in [-0.39, 0.29) is 4.74 Å². The Bertz CT molecular complexity index is 572. The zero-order valence-corrected chi connectivity index (χ0v) is 9.58. The van der Waals surface area contributed by atoms with Crippen molar-refractivity contribution in [1.82, 2.24) is 3.96 Å². The Kier molecular flexibility index (Phi) is 2.47. The number of fused-ring (bicyclic) bond motifs is 1. The topological polar surface area (TPSA) is 39.1 Å². The minimum absolute atomic E-state index is 0.0357. The van der Waals surface area contributed by atoms with Crippen LogP contribution >= 0.6 is 22.2 Å². The number of aromatic nitrogens is 1. The predicted octanol–water partition coefficient (Wildman–Crippen LogP) is 1.86. The normalized spacial score (nSPS) is 13.3. The minimum Gasteiger partial charge on any atom is -0.297 e. The Morgan fingerprint density at radius 2 is 2.21 bits per heavy atom. The molecule has 1 unspecified atom stereocenters. The maximum atomic E-state index is 11.4. The molecule has 74 valence electrons. The fraction of sp³-hybridized carbons (Fsp3) is 0.125. The lowest BCUT2D eigenvalue weighted by atomic mass is 10.2. The molecule has 1 aromatic heterocycles. The fourth-order valence-electron chi connectivity index (χ4n) is 1.28. The molecule has 1 heterocycles. The van der Waals surface area contributed by atoms with Gasteiger partial charge in [0.1, 0.15) is 10.0 Å². The summed E-state index contributed by atoms with van der Waals surface area (Å²) in [6.07, 6.45) is 0. The summed E-state index contributed by atoms with van der Waals surface area (Å²) in [6, 6.07) is 5.00. The number of hydrogen-bond donors (Lipinski definition) is 0. The first-order valence-electron chi connectivity index (χ1n) is 3.77. The van der Waals surface area contributed by atoms with Gasteiger partial charge in [-0.05, 0) is 40.4 Å². The second-order valence-corrected chi connectivity index (χ2v) is 5.64. The van der Waals surface area contributed by atoms with Gasteiger partial charge in [-0.3, -0.25) is 8.75 Å². The molecule has 14 heavy (non-hydrogen) atoms. The maximum absolute atomic E-state index is 11.4. The minimum atomic E-state index is -1.56. The highest BCUT2D eigenvalue weighted by Crippen LogP contribution is 2.18. The molecule has 0 radical (unpaired) electrons. The highest BCUT2D eigenvalue weighted by atomic mass is 35.7. The summed E-state index contributed by atoms with van der Waals surface area (Å²) in [6.45, 7) is 0. The summed E-state index contributed by atoms with van der Waals surface area (Å²) < 4.78 is 12.7. The van der Waals surface area contributed by atoms with Gasteiger partial charge in [0.25, 0.3) is 4.74 Å². The van der Waals surface area contributed by atoms with Crippen LogP contribution in [0.4, 0.5) is 0 Å². The van der Waals surface area contributed by atoms with E-state index in [1.807, 2.05) is 7.05 Å². The molecule has 0 amide bonds. The van der Waals surface area contributed by atoms with E-state index in [1.165, 1.54) is 0 Å². The third-order valence-electron chi connectivity index (χ3n) is 1.93. The highest BCUT2D eigenvalue weighted by Gasteiger charge is 2.07. The zero-order valence-electron chi connectivity index (χ0n) is 7.19. The SMILES string of the molecule is Cn1sc(=O)c2cc(S(=O)Cl)ccc21. The van der Waals surface area contributed by atoms with Gasteiger partial charge in [0, 0.05) is 7.05 Å². The van der Waals surface area contributed by atoms with Gasteiger partial charge in [0.2, 0.25) is 0 Å². The van der Waals surface area contributed by atoms with Crippen molar-refractivity contribution in [2.75, 3.05) is 0 Å². The Labute approximate surface area is 91.0 Å². The summed E-state index contributed by atoms with van der Waals surface area (Å²) in [5.41, 5.74) is 0.839. The van der Waals surface area contributed by atoms with Crippen LogP contribution in [-0.4, -0.2) is 8.17 Å². The lowest BCUT2D eigenvalue weighted by Crippen LogP contribution is -1.89. The molecule has 0 fully saturated rings. The number of rotatable bonds is 1. The molecule has 0 saturated carbocycles. The first kappa shape index (κ1) is 9.89. The number of benzene rings is 1. The summed E-state index contributed by atoms with van der Waals surface area (Å²) in [4.78, 5) is 11.9. The van der Waals surface area contributed by atoms with Crippen molar-refractivity contribution < 1.29 is 4.21 Å². The van der Waals surface area contributed by atoms with Crippen LogP contribution in [0, 0.1) is 0 Å². The van der Waals surface area contributed by atoms with Crippen molar-refractivity contribution in [2.45, 2.75) is 4.90 Å². The molecule has 1 aromatic carbocycles. The molecule has 1 atom stereocenters. The maximum Gasteiger partial charge on any atom is 0.257 e. The van der Waals surface area contributed by atoms with Crippen molar-refractivity contribution in [3.05, 3.63) is 27.7 Å². The average Bonchev–Trinajstić information content (AvgIpc) is 2.42. The highest BCUT2D eigenvalue weighted by molar-refractivity contribution is 8.08. The number of halogens is 1. The molecular weight excluding hydrogens is 242 g/mol. The molecule has 0 saturated heterocycles. The monoisotopic (exact) mass is 247 g/mol. The van der Waals surface area contributed by atoms with Crippen LogP contribution in [0.1, 0.15) is 0 Å². The Hall–Kier alpha value is -0.650. The second-order valence-electron chi connectivity index (χ2n) is 2.78. The number of aryl methyl sites for hydroxylation is 1.